The van der Waals surface area contributed by atoms with Gasteiger partial charge in [-0.05, 0) is 48.4 Å². The van der Waals surface area contributed by atoms with Crippen LogP contribution in [0.5, 0.6) is 0 Å². The van der Waals surface area contributed by atoms with E-state index in [-0.39, 0.29) is 5.91 Å². The van der Waals surface area contributed by atoms with Gasteiger partial charge in [-0.1, -0.05) is 30.3 Å². The third kappa shape index (κ3) is 3.96. The molecule has 1 aliphatic carbocycles. The molecule has 4 rings (SSSR count). The Morgan fingerprint density at radius 3 is 2.62 bits per heavy atom. The number of hydrogen-bond acceptors (Lipinski definition) is 3. The van der Waals surface area contributed by atoms with Gasteiger partial charge in [0.1, 0.15) is 0 Å². The van der Waals surface area contributed by atoms with Crippen molar-refractivity contribution >= 4 is 5.91 Å². The number of carbonyl (C=O) groups is 1. The third-order valence-corrected chi connectivity index (χ3v) is 5.85. The van der Waals surface area contributed by atoms with Crippen LogP contribution in [0, 0.1) is 0 Å². The Morgan fingerprint density at radius 2 is 1.85 bits per heavy atom. The minimum absolute atomic E-state index is 0.280. The van der Waals surface area contributed by atoms with Crippen LogP contribution in [-0.4, -0.2) is 52.9 Å². The third-order valence-electron chi connectivity index (χ3n) is 5.85. The van der Waals surface area contributed by atoms with E-state index in [1.165, 1.54) is 24.0 Å². The lowest BCUT2D eigenvalue weighted by Gasteiger charge is -2.41. The number of rotatable bonds is 4. The summed E-state index contributed by atoms with van der Waals surface area (Å²) in [7, 11) is 0. The molecule has 1 aromatic heterocycles. The summed E-state index contributed by atoms with van der Waals surface area (Å²) in [6.45, 7) is 3.74. The molecule has 4 nitrogen and oxygen atoms in total. The predicted molar refractivity (Wildman–Crippen MR) is 103 cm³/mol. The lowest BCUT2D eigenvalue weighted by atomic mass is 9.87. The number of pyridine rings is 1. The Morgan fingerprint density at radius 1 is 1.04 bits per heavy atom. The van der Waals surface area contributed by atoms with Gasteiger partial charge in [0, 0.05) is 51.0 Å². The first-order chi connectivity index (χ1) is 12.8. The fraction of sp³-hybridized carbons (Fsp3) is 0.455. The smallest absolute Gasteiger partial charge is 0.222 e. The predicted octanol–water partition coefficient (Wildman–Crippen LogP) is 2.72. The fourth-order valence-electron chi connectivity index (χ4n) is 4.28. The highest BCUT2D eigenvalue weighted by atomic mass is 16.2. The zero-order valence-corrected chi connectivity index (χ0v) is 15.3. The number of hydrogen-bond donors (Lipinski definition) is 0. The Kier molecular flexibility index (Phi) is 5.30. The van der Waals surface area contributed by atoms with Gasteiger partial charge >= 0.3 is 0 Å². The molecule has 0 saturated carbocycles. The number of carbonyl (C=O) groups excluding carboxylic acids is 1. The maximum absolute atomic E-state index is 12.5. The molecule has 0 N–H and O–H groups in total. The normalized spacial score (nSPS) is 20.6. The zero-order chi connectivity index (χ0) is 17.8. The lowest BCUT2D eigenvalue weighted by Crippen LogP contribution is -2.53. The molecule has 1 fully saturated rings. The van der Waals surface area contributed by atoms with Crippen LogP contribution in [0.2, 0.25) is 0 Å². The standard InChI is InChI=1S/C22H27N3O/c26-22(10-7-18-4-3-11-23-17-18)25-14-12-24(13-15-25)21-9-8-19-5-1-2-6-20(19)16-21/h1-6,11,17,21H,7-10,12-16H2/t21-/m0/s1. The van der Waals surface area contributed by atoms with E-state index in [0.717, 1.165) is 44.6 Å². The minimum Gasteiger partial charge on any atom is -0.340 e. The Bertz CT molecular complexity index is 738. The number of nitrogens with zero attached hydrogens (tertiary/aromatic N) is 3. The van der Waals surface area contributed by atoms with Crippen molar-refractivity contribution in [3.63, 3.8) is 0 Å². The summed E-state index contributed by atoms with van der Waals surface area (Å²) in [6, 6.07) is 13.5. The molecular formula is C22H27N3O. The molecule has 2 aliphatic rings. The van der Waals surface area contributed by atoms with E-state index in [1.807, 2.05) is 23.2 Å². The minimum atomic E-state index is 0.280. The quantitative estimate of drug-likeness (QED) is 0.852. The molecule has 2 heterocycles. The highest BCUT2D eigenvalue weighted by Gasteiger charge is 2.28. The van der Waals surface area contributed by atoms with Crippen LogP contribution in [0.25, 0.3) is 0 Å². The lowest BCUT2D eigenvalue weighted by molar-refractivity contribution is -0.133. The molecule has 1 amide bonds. The summed E-state index contributed by atoms with van der Waals surface area (Å²) in [6.07, 6.45) is 8.58. The van der Waals surface area contributed by atoms with Crippen molar-refractivity contribution in [3.8, 4) is 0 Å². The van der Waals surface area contributed by atoms with E-state index in [2.05, 4.69) is 34.1 Å². The molecule has 1 aromatic carbocycles. The molecule has 0 bridgehead atoms. The van der Waals surface area contributed by atoms with Crippen LogP contribution >= 0.6 is 0 Å². The van der Waals surface area contributed by atoms with Crippen molar-refractivity contribution in [2.24, 2.45) is 0 Å². The second-order valence-electron chi connectivity index (χ2n) is 7.44. The van der Waals surface area contributed by atoms with Crippen LogP contribution in [-0.2, 0) is 24.1 Å². The van der Waals surface area contributed by atoms with Crippen molar-refractivity contribution in [2.45, 2.75) is 38.1 Å². The Balaban J connectivity index is 1.26. The van der Waals surface area contributed by atoms with E-state index < -0.39 is 0 Å². The number of fused-ring (bicyclic) bond motifs is 1. The molecule has 1 saturated heterocycles. The summed E-state index contributed by atoms with van der Waals surface area (Å²) in [5.74, 6) is 0.280. The summed E-state index contributed by atoms with van der Waals surface area (Å²) < 4.78 is 0. The maximum atomic E-state index is 12.5. The van der Waals surface area contributed by atoms with Gasteiger partial charge in [-0.3, -0.25) is 14.7 Å². The van der Waals surface area contributed by atoms with Gasteiger partial charge < -0.3 is 4.90 Å². The largest absolute Gasteiger partial charge is 0.340 e. The molecule has 2 aromatic rings. The van der Waals surface area contributed by atoms with Crippen LogP contribution in [0.15, 0.2) is 48.8 Å². The van der Waals surface area contributed by atoms with E-state index in [0.29, 0.717) is 12.5 Å². The van der Waals surface area contributed by atoms with Crippen LogP contribution in [0.3, 0.4) is 0 Å². The highest BCUT2D eigenvalue weighted by molar-refractivity contribution is 5.76. The summed E-state index contributed by atoms with van der Waals surface area (Å²) in [5.41, 5.74) is 4.17. The van der Waals surface area contributed by atoms with Crippen LogP contribution in [0.4, 0.5) is 0 Å². The van der Waals surface area contributed by atoms with E-state index in [1.54, 1.807) is 6.20 Å². The summed E-state index contributed by atoms with van der Waals surface area (Å²) in [5, 5.41) is 0. The van der Waals surface area contributed by atoms with E-state index >= 15 is 0 Å². The van der Waals surface area contributed by atoms with E-state index in [4.69, 9.17) is 0 Å². The molecule has 0 radical (unpaired) electrons. The van der Waals surface area contributed by atoms with Crippen molar-refractivity contribution < 1.29 is 4.79 Å². The molecule has 0 spiro atoms. The number of benzene rings is 1. The zero-order valence-electron chi connectivity index (χ0n) is 15.3. The van der Waals surface area contributed by atoms with Gasteiger partial charge in [-0.2, -0.15) is 0 Å². The maximum Gasteiger partial charge on any atom is 0.222 e. The molecule has 136 valence electrons. The first-order valence-electron chi connectivity index (χ1n) is 9.77. The van der Waals surface area contributed by atoms with Gasteiger partial charge in [-0.25, -0.2) is 0 Å². The molecule has 1 aliphatic heterocycles. The molecule has 0 unspecified atom stereocenters. The number of amides is 1. The molecule has 26 heavy (non-hydrogen) atoms. The van der Waals surface area contributed by atoms with Crippen molar-refractivity contribution in [1.29, 1.82) is 0 Å². The van der Waals surface area contributed by atoms with Gasteiger partial charge in [0.05, 0.1) is 0 Å². The van der Waals surface area contributed by atoms with Gasteiger partial charge in [0.15, 0.2) is 0 Å². The summed E-state index contributed by atoms with van der Waals surface area (Å²) >= 11 is 0. The molecular weight excluding hydrogens is 322 g/mol. The average Bonchev–Trinajstić information content (AvgIpc) is 2.72. The molecule has 1 atom stereocenters. The van der Waals surface area contributed by atoms with Crippen LogP contribution < -0.4 is 0 Å². The summed E-state index contributed by atoms with van der Waals surface area (Å²) in [4.78, 5) is 21.3. The second kappa shape index (κ2) is 8.00. The van der Waals surface area contributed by atoms with Crippen LogP contribution in [0.1, 0.15) is 29.5 Å². The van der Waals surface area contributed by atoms with Crippen molar-refractivity contribution in [1.82, 2.24) is 14.8 Å². The van der Waals surface area contributed by atoms with Crippen molar-refractivity contribution in [2.75, 3.05) is 26.2 Å². The average molecular weight is 349 g/mol. The SMILES string of the molecule is O=C(CCc1cccnc1)N1CCN([C@H]2CCc3ccccc3C2)CC1. The highest BCUT2D eigenvalue weighted by Crippen LogP contribution is 2.25. The van der Waals surface area contributed by atoms with E-state index in [9.17, 15) is 4.79 Å². The monoisotopic (exact) mass is 349 g/mol. The second-order valence-corrected chi connectivity index (χ2v) is 7.44. The Labute approximate surface area is 155 Å². The Hall–Kier alpha value is -2.20. The first kappa shape index (κ1) is 17.2. The fourth-order valence-corrected chi connectivity index (χ4v) is 4.28. The number of aryl methyl sites for hydroxylation is 2. The number of piperazine rings is 1. The molecule has 4 heteroatoms. The van der Waals surface area contributed by atoms with Crippen molar-refractivity contribution in [3.05, 3.63) is 65.5 Å². The van der Waals surface area contributed by atoms with Gasteiger partial charge in [-0.15, -0.1) is 0 Å². The van der Waals surface area contributed by atoms with Gasteiger partial charge in [0.2, 0.25) is 5.91 Å². The van der Waals surface area contributed by atoms with Gasteiger partial charge in [0.25, 0.3) is 0 Å². The number of aromatic nitrogens is 1. The first-order valence-corrected chi connectivity index (χ1v) is 9.77. The topological polar surface area (TPSA) is 36.4 Å².